The summed E-state index contributed by atoms with van der Waals surface area (Å²) >= 11 is 14.8. The normalized spacial score (nSPS) is 9.90. The molecule has 10 heavy (non-hydrogen) atoms. The molecule has 0 nitrogen and oxygen atoms in total. The van der Waals surface area contributed by atoms with E-state index in [1.165, 1.54) is 0 Å². The van der Waals surface area contributed by atoms with Crippen molar-refractivity contribution in [3.63, 3.8) is 0 Å². The van der Waals surface area contributed by atoms with Gasteiger partial charge in [0.15, 0.2) is 0 Å². The molecule has 0 radical (unpaired) electrons. The summed E-state index contributed by atoms with van der Waals surface area (Å²) in [5.41, 5.74) is 1.06. The molecule has 0 unspecified atom stereocenters. The van der Waals surface area contributed by atoms with Crippen LogP contribution in [0.5, 0.6) is 0 Å². The predicted octanol–water partition coefficient (Wildman–Crippen LogP) is 3.89. The fourth-order valence-electron chi connectivity index (χ4n) is 0.630. The number of halogens is 3. The Bertz CT molecular complexity index is 235. The molecular weight excluding hydrogens is 235 g/mol. The first kappa shape index (κ1) is 8.38. The van der Waals surface area contributed by atoms with Crippen LogP contribution in [-0.2, 0) is 5.33 Å². The van der Waals surface area contributed by atoms with E-state index in [9.17, 15) is 0 Å². The van der Waals surface area contributed by atoms with Gasteiger partial charge in [0.25, 0.3) is 0 Å². The Morgan fingerprint density at radius 3 is 2.50 bits per heavy atom. The molecule has 0 N–H and O–H groups in total. The second-order valence-corrected chi connectivity index (χ2v) is 3.27. The van der Waals surface area contributed by atoms with Crippen molar-refractivity contribution >= 4 is 39.1 Å². The number of hydrogen-bond donors (Lipinski definition) is 0. The molecule has 0 aromatic heterocycles. The summed E-state index contributed by atoms with van der Waals surface area (Å²) in [6, 6.07) is 5.46. The third-order valence-corrected chi connectivity index (χ3v) is 2.35. The predicted molar refractivity (Wildman–Crippen MR) is 49.1 cm³/mol. The molecule has 0 amide bonds. The van der Waals surface area contributed by atoms with E-state index >= 15 is 0 Å². The maximum Gasteiger partial charge on any atom is 0.0461 e. The number of benzene rings is 1. The number of hydrogen-bond acceptors (Lipinski definition) is 0. The molecule has 0 aliphatic carbocycles. The monoisotopic (exact) mass is 238 g/mol. The molecule has 1 aromatic rings. The SMILES string of the molecule is Clc1ccc(CBr)c(Cl)c1. The van der Waals surface area contributed by atoms with Crippen LogP contribution in [0.2, 0.25) is 10.0 Å². The summed E-state index contributed by atoms with van der Waals surface area (Å²) in [5, 5.41) is 2.15. The summed E-state index contributed by atoms with van der Waals surface area (Å²) in [6.45, 7) is 0. The van der Waals surface area contributed by atoms with Crippen molar-refractivity contribution in [1.29, 1.82) is 0 Å². The molecule has 0 aliphatic rings. The highest BCUT2D eigenvalue weighted by Gasteiger charge is 1.97. The zero-order chi connectivity index (χ0) is 7.56. The van der Waals surface area contributed by atoms with Crippen LogP contribution in [0.4, 0.5) is 0 Å². The Hall–Kier alpha value is 0.280. The Morgan fingerprint density at radius 1 is 1.30 bits per heavy atom. The van der Waals surface area contributed by atoms with E-state index in [-0.39, 0.29) is 0 Å². The lowest BCUT2D eigenvalue weighted by Gasteiger charge is -1.98. The van der Waals surface area contributed by atoms with Crippen molar-refractivity contribution in [2.45, 2.75) is 5.33 Å². The van der Waals surface area contributed by atoms with Gasteiger partial charge in [0.2, 0.25) is 0 Å². The summed E-state index contributed by atoms with van der Waals surface area (Å²) < 4.78 is 0. The first-order chi connectivity index (χ1) is 4.74. The van der Waals surface area contributed by atoms with Crippen molar-refractivity contribution in [1.82, 2.24) is 0 Å². The van der Waals surface area contributed by atoms with Crippen molar-refractivity contribution in [2.75, 3.05) is 0 Å². The molecule has 0 bridgehead atoms. The van der Waals surface area contributed by atoms with Gasteiger partial charge < -0.3 is 0 Å². The smallest absolute Gasteiger partial charge is 0.0461 e. The van der Waals surface area contributed by atoms with Gasteiger partial charge in [-0.2, -0.15) is 0 Å². The zero-order valence-corrected chi connectivity index (χ0v) is 8.17. The lowest BCUT2D eigenvalue weighted by molar-refractivity contribution is 1.44. The average Bonchev–Trinajstić information content (AvgIpc) is 1.88. The fourth-order valence-corrected chi connectivity index (χ4v) is 1.76. The Labute approximate surface area is 78.3 Å². The average molecular weight is 240 g/mol. The van der Waals surface area contributed by atoms with Gasteiger partial charge in [0.1, 0.15) is 0 Å². The largest absolute Gasteiger partial charge is 0.0876 e. The van der Waals surface area contributed by atoms with Gasteiger partial charge in [-0.3, -0.25) is 0 Å². The summed E-state index contributed by atoms with van der Waals surface area (Å²) in [5.74, 6) is 0. The number of rotatable bonds is 1. The van der Waals surface area contributed by atoms with Crippen LogP contribution in [-0.4, -0.2) is 0 Å². The van der Waals surface area contributed by atoms with Crippen molar-refractivity contribution < 1.29 is 0 Å². The third kappa shape index (κ3) is 1.88. The van der Waals surface area contributed by atoms with Gasteiger partial charge >= 0.3 is 0 Å². The third-order valence-electron chi connectivity index (χ3n) is 1.16. The molecule has 0 heterocycles. The van der Waals surface area contributed by atoms with E-state index in [2.05, 4.69) is 15.9 Å². The minimum Gasteiger partial charge on any atom is -0.0876 e. The second-order valence-electron chi connectivity index (χ2n) is 1.87. The minimum absolute atomic E-state index is 0.676. The van der Waals surface area contributed by atoms with Gasteiger partial charge in [-0.1, -0.05) is 45.2 Å². The van der Waals surface area contributed by atoms with Gasteiger partial charge in [-0.15, -0.1) is 0 Å². The molecule has 1 aromatic carbocycles. The molecule has 0 saturated carbocycles. The van der Waals surface area contributed by atoms with E-state index in [4.69, 9.17) is 23.2 Å². The molecule has 3 heteroatoms. The highest BCUT2D eigenvalue weighted by atomic mass is 79.9. The van der Waals surface area contributed by atoms with E-state index in [1.807, 2.05) is 12.1 Å². The quantitative estimate of drug-likeness (QED) is 0.653. The standard InChI is InChI=1S/C7H5BrCl2/c8-4-5-1-2-6(9)3-7(5)10/h1-3H,4H2. The Morgan fingerprint density at radius 2 is 2.00 bits per heavy atom. The molecular formula is C7H5BrCl2. The summed E-state index contributed by atoms with van der Waals surface area (Å²) in [4.78, 5) is 0. The summed E-state index contributed by atoms with van der Waals surface area (Å²) in [6.07, 6.45) is 0. The van der Waals surface area contributed by atoms with Crippen LogP contribution >= 0.6 is 39.1 Å². The van der Waals surface area contributed by atoms with Crippen LogP contribution in [0.1, 0.15) is 5.56 Å². The molecule has 1 rings (SSSR count). The van der Waals surface area contributed by atoms with Crippen LogP contribution < -0.4 is 0 Å². The van der Waals surface area contributed by atoms with Crippen LogP contribution in [0.3, 0.4) is 0 Å². The van der Waals surface area contributed by atoms with E-state index in [0.29, 0.717) is 10.0 Å². The van der Waals surface area contributed by atoms with Crippen molar-refractivity contribution in [3.8, 4) is 0 Å². The highest BCUT2D eigenvalue weighted by molar-refractivity contribution is 9.08. The van der Waals surface area contributed by atoms with Gasteiger partial charge in [0.05, 0.1) is 0 Å². The fraction of sp³-hybridized carbons (Fsp3) is 0.143. The molecule has 0 spiro atoms. The van der Waals surface area contributed by atoms with Crippen molar-refractivity contribution in [2.24, 2.45) is 0 Å². The molecule has 54 valence electrons. The van der Waals surface area contributed by atoms with E-state index in [1.54, 1.807) is 6.07 Å². The Balaban J connectivity index is 3.07. The van der Waals surface area contributed by atoms with Crippen LogP contribution in [0.15, 0.2) is 18.2 Å². The molecule has 0 atom stereocenters. The Kier molecular flexibility index (Phi) is 3.02. The first-order valence-electron chi connectivity index (χ1n) is 2.74. The zero-order valence-electron chi connectivity index (χ0n) is 5.07. The summed E-state index contributed by atoms with van der Waals surface area (Å²) in [7, 11) is 0. The van der Waals surface area contributed by atoms with Crippen LogP contribution in [0, 0.1) is 0 Å². The first-order valence-corrected chi connectivity index (χ1v) is 4.61. The minimum atomic E-state index is 0.676. The maximum atomic E-state index is 5.82. The van der Waals surface area contributed by atoms with Crippen LogP contribution in [0.25, 0.3) is 0 Å². The maximum absolute atomic E-state index is 5.82. The van der Waals surface area contributed by atoms with Gasteiger partial charge in [-0.25, -0.2) is 0 Å². The van der Waals surface area contributed by atoms with Gasteiger partial charge in [-0.05, 0) is 17.7 Å². The highest BCUT2D eigenvalue weighted by Crippen LogP contribution is 2.22. The number of alkyl halides is 1. The lowest BCUT2D eigenvalue weighted by Crippen LogP contribution is -1.77. The molecule has 0 saturated heterocycles. The van der Waals surface area contributed by atoms with Gasteiger partial charge in [0, 0.05) is 15.4 Å². The lowest BCUT2D eigenvalue weighted by atomic mass is 10.2. The second kappa shape index (κ2) is 3.61. The van der Waals surface area contributed by atoms with E-state index in [0.717, 1.165) is 10.9 Å². The topological polar surface area (TPSA) is 0 Å². The molecule has 0 aliphatic heterocycles. The van der Waals surface area contributed by atoms with Crippen molar-refractivity contribution in [3.05, 3.63) is 33.8 Å². The van der Waals surface area contributed by atoms with E-state index < -0.39 is 0 Å². The molecule has 0 fully saturated rings.